The van der Waals surface area contributed by atoms with Gasteiger partial charge in [-0.15, -0.1) is 0 Å². The number of hydrogen-bond donors (Lipinski definition) is 2. The van der Waals surface area contributed by atoms with E-state index in [1.165, 1.54) is 24.0 Å². The Morgan fingerprint density at radius 2 is 2.21 bits per heavy atom. The molecule has 3 N–H and O–H groups in total. The van der Waals surface area contributed by atoms with Crippen LogP contribution in [0.4, 0.5) is 0 Å². The lowest BCUT2D eigenvalue weighted by Gasteiger charge is -2.23. The Balaban J connectivity index is 1.90. The molecule has 0 radical (unpaired) electrons. The molecule has 0 amide bonds. The lowest BCUT2D eigenvalue weighted by molar-refractivity contribution is 0.341. The fourth-order valence-electron chi connectivity index (χ4n) is 2.91. The van der Waals surface area contributed by atoms with Crippen molar-refractivity contribution in [1.29, 1.82) is 0 Å². The van der Waals surface area contributed by atoms with Crippen molar-refractivity contribution >= 4 is 0 Å². The zero-order chi connectivity index (χ0) is 13.7. The standard InChI is InChI=1S/C16H26N2O/c1-3-4-12(2)15(18-17)7-5-13-6-8-16-14(11-13)9-10-19-16/h6,8,11-12,15,18H,3-5,7,9-10,17H2,1-2H3. The average Bonchev–Trinajstić information content (AvgIpc) is 2.87. The highest BCUT2D eigenvalue weighted by molar-refractivity contribution is 5.39. The normalized spacial score (nSPS) is 16.8. The van der Waals surface area contributed by atoms with Crippen molar-refractivity contribution in [3.8, 4) is 5.75 Å². The molecule has 1 heterocycles. The first kappa shape index (κ1) is 14.4. The largest absolute Gasteiger partial charge is 0.493 e. The van der Waals surface area contributed by atoms with E-state index in [2.05, 4.69) is 37.5 Å². The van der Waals surface area contributed by atoms with Crippen LogP contribution in [0.2, 0.25) is 0 Å². The van der Waals surface area contributed by atoms with Gasteiger partial charge in [0.05, 0.1) is 6.61 Å². The molecule has 0 aliphatic carbocycles. The summed E-state index contributed by atoms with van der Waals surface area (Å²) in [6.45, 7) is 5.34. The lowest BCUT2D eigenvalue weighted by atomic mass is 9.92. The maximum atomic E-state index is 5.69. The second-order valence-electron chi connectivity index (χ2n) is 5.62. The molecule has 0 fully saturated rings. The molecule has 0 saturated heterocycles. The maximum absolute atomic E-state index is 5.69. The van der Waals surface area contributed by atoms with Gasteiger partial charge in [-0.3, -0.25) is 11.3 Å². The first-order valence-corrected chi connectivity index (χ1v) is 7.45. The Bertz CT molecular complexity index is 406. The number of hydrogen-bond acceptors (Lipinski definition) is 3. The second-order valence-corrected chi connectivity index (χ2v) is 5.62. The van der Waals surface area contributed by atoms with Crippen LogP contribution >= 0.6 is 0 Å². The highest BCUT2D eigenvalue weighted by atomic mass is 16.5. The summed E-state index contributed by atoms with van der Waals surface area (Å²) in [5.41, 5.74) is 5.74. The number of nitrogens with one attached hydrogen (secondary N) is 1. The summed E-state index contributed by atoms with van der Waals surface area (Å²) < 4.78 is 5.54. The van der Waals surface area contributed by atoms with Crippen molar-refractivity contribution < 1.29 is 4.74 Å². The zero-order valence-electron chi connectivity index (χ0n) is 12.1. The SMILES string of the molecule is CCCC(C)C(CCc1ccc2c(c1)CCO2)NN. The Hall–Kier alpha value is -1.06. The molecule has 0 aromatic heterocycles. The number of ether oxygens (including phenoxy) is 1. The smallest absolute Gasteiger partial charge is 0.122 e. The molecular weight excluding hydrogens is 236 g/mol. The van der Waals surface area contributed by atoms with Gasteiger partial charge in [-0.1, -0.05) is 32.4 Å². The third-order valence-corrected chi connectivity index (χ3v) is 4.14. The molecule has 1 aliphatic heterocycles. The summed E-state index contributed by atoms with van der Waals surface area (Å²) in [5, 5.41) is 0. The number of rotatable bonds is 7. The number of nitrogens with two attached hydrogens (primary N) is 1. The average molecular weight is 262 g/mol. The minimum atomic E-state index is 0.407. The molecule has 3 nitrogen and oxygen atoms in total. The molecule has 1 aromatic carbocycles. The summed E-state index contributed by atoms with van der Waals surface area (Å²) in [7, 11) is 0. The quantitative estimate of drug-likeness (QED) is 0.587. The van der Waals surface area contributed by atoms with Gasteiger partial charge in [0, 0.05) is 12.5 Å². The molecule has 2 atom stereocenters. The Morgan fingerprint density at radius 3 is 2.95 bits per heavy atom. The van der Waals surface area contributed by atoms with Crippen LogP contribution in [0.1, 0.15) is 44.2 Å². The van der Waals surface area contributed by atoms with Gasteiger partial charge in [-0.2, -0.15) is 0 Å². The van der Waals surface area contributed by atoms with Crippen LogP contribution in [-0.2, 0) is 12.8 Å². The van der Waals surface area contributed by atoms with E-state index in [0.717, 1.165) is 31.6 Å². The summed E-state index contributed by atoms with van der Waals surface area (Å²) in [6.07, 6.45) is 5.67. The third kappa shape index (κ3) is 3.71. The molecule has 106 valence electrons. The fraction of sp³-hybridized carbons (Fsp3) is 0.625. The summed E-state index contributed by atoms with van der Waals surface area (Å²) in [4.78, 5) is 0. The van der Waals surface area contributed by atoms with E-state index in [9.17, 15) is 0 Å². The topological polar surface area (TPSA) is 47.3 Å². The number of hydrazine groups is 1. The molecular formula is C16H26N2O. The first-order chi connectivity index (χ1) is 9.24. The predicted molar refractivity (Wildman–Crippen MR) is 79.1 cm³/mol. The van der Waals surface area contributed by atoms with Gasteiger partial charge >= 0.3 is 0 Å². The van der Waals surface area contributed by atoms with Crippen LogP contribution in [0, 0.1) is 5.92 Å². The number of fused-ring (bicyclic) bond motifs is 1. The monoisotopic (exact) mass is 262 g/mol. The van der Waals surface area contributed by atoms with Crippen LogP contribution in [0.15, 0.2) is 18.2 Å². The Labute approximate surface area is 116 Å². The van der Waals surface area contributed by atoms with Crippen molar-refractivity contribution in [2.24, 2.45) is 11.8 Å². The van der Waals surface area contributed by atoms with E-state index in [4.69, 9.17) is 10.6 Å². The maximum Gasteiger partial charge on any atom is 0.122 e. The van der Waals surface area contributed by atoms with E-state index in [1.54, 1.807) is 0 Å². The van der Waals surface area contributed by atoms with E-state index < -0.39 is 0 Å². The highest BCUT2D eigenvalue weighted by Gasteiger charge is 2.16. The van der Waals surface area contributed by atoms with Crippen LogP contribution < -0.4 is 16.0 Å². The third-order valence-electron chi connectivity index (χ3n) is 4.14. The van der Waals surface area contributed by atoms with E-state index in [1.807, 2.05) is 0 Å². The molecule has 1 aliphatic rings. The van der Waals surface area contributed by atoms with Gasteiger partial charge in [0.1, 0.15) is 5.75 Å². The Morgan fingerprint density at radius 1 is 1.37 bits per heavy atom. The second kappa shape index (κ2) is 6.92. The van der Waals surface area contributed by atoms with E-state index in [0.29, 0.717) is 12.0 Å². The molecule has 19 heavy (non-hydrogen) atoms. The summed E-state index contributed by atoms with van der Waals surface area (Å²) in [5.74, 6) is 7.39. The van der Waals surface area contributed by atoms with Crippen molar-refractivity contribution in [2.45, 2.75) is 52.0 Å². The molecule has 2 unspecified atom stereocenters. The first-order valence-electron chi connectivity index (χ1n) is 7.45. The van der Waals surface area contributed by atoms with Gasteiger partial charge in [0.15, 0.2) is 0 Å². The molecule has 0 bridgehead atoms. The highest BCUT2D eigenvalue weighted by Crippen LogP contribution is 2.26. The molecule has 0 saturated carbocycles. The van der Waals surface area contributed by atoms with Gasteiger partial charge < -0.3 is 4.74 Å². The fourth-order valence-corrected chi connectivity index (χ4v) is 2.91. The van der Waals surface area contributed by atoms with Gasteiger partial charge in [-0.05, 0) is 42.4 Å². The molecule has 2 rings (SSSR count). The molecule has 0 spiro atoms. The lowest BCUT2D eigenvalue weighted by Crippen LogP contribution is -2.40. The van der Waals surface area contributed by atoms with Gasteiger partial charge in [0.2, 0.25) is 0 Å². The van der Waals surface area contributed by atoms with Crippen molar-refractivity contribution in [3.63, 3.8) is 0 Å². The van der Waals surface area contributed by atoms with Crippen LogP contribution in [0.5, 0.6) is 5.75 Å². The number of aryl methyl sites for hydroxylation is 1. The molecule has 1 aromatic rings. The molecule has 3 heteroatoms. The van der Waals surface area contributed by atoms with E-state index in [-0.39, 0.29) is 0 Å². The number of benzene rings is 1. The van der Waals surface area contributed by atoms with Gasteiger partial charge in [-0.25, -0.2) is 0 Å². The van der Waals surface area contributed by atoms with Crippen LogP contribution in [-0.4, -0.2) is 12.6 Å². The Kier molecular flexibility index (Phi) is 5.23. The zero-order valence-corrected chi connectivity index (χ0v) is 12.1. The summed E-state index contributed by atoms with van der Waals surface area (Å²) >= 11 is 0. The summed E-state index contributed by atoms with van der Waals surface area (Å²) in [6, 6.07) is 6.99. The van der Waals surface area contributed by atoms with Crippen molar-refractivity contribution in [1.82, 2.24) is 5.43 Å². The minimum Gasteiger partial charge on any atom is -0.493 e. The van der Waals surface area contributed by atoms with Crippen LogP contribution in [0.3, 0.4) is 0 Å². The van der Waals surface area contributed by atoms with Crippen molar-refractivity contribution in [2.75, 3.05) is 6.61 Å². The predicted octanol–water partition coefficient (Wildman–Crippen LogP) is 2.82. The van der Waals surface area contributed by atoms with Crippen molar-refractivity contribution in [3.05, 3.63) is 29.3 Å². The van der Waals surface area contributed by atoms with E-state index >= 15 is 0 Å². The van der Waals surface area contributed by atoms with Gasteiger partial charge in [0.25, 0.3) is 0 Å². The van der Waals surface area contributed by atoms with Crippen LogP contribution in [0.25, 0.3) is 0 Å². The minimum absolute atomic E-state index is 0.407.